The molecule has 1 spiro atoms. The predicted molar refractivity (Wildman–Crippen MR) is 188 cm³/mol. The third-order valence-electron chi connectivity index (χ3n) is 10.7. The average molecular weight is 673 g/mol. The summed E-state index contributed by atoms with van der Waals surface area (Å²) in [5, 5.41) is 10.9. The van der Waals surface area contributed by atoms with Gasteiger partial charge in [0, 0.05) is 50.6 Å². The van der Waals surface area contributed by atoms with Gasteiger partial charge in [-0.25, -0.2) is 0 Å². The van der Waals surface area contributed by atoms with Crippen molar-refractivity contribution >= 4 is 29.5 Å². The highest BCUT2D eigenvalue weighted by molar-refractivity contribution is 8.02. The Bertz CT molecular complexity index is 1490. The number of rotatable bonds is 14. The van der Waals surface area contributed by atoms with Crippen LogP contribution in [0.25, 0.3) is 0 Å². The first kappa shape index (κ1) is 34.4. The minimum atomic E-state index is -0.844. The molecule has 2 bridgehead atoms. The highest BCUT2D eigenvalue weighted by Crippen LogP contribution is 2.72. The first-order valence-corrected chi connectivity index (χ1v) is 17.9. The Balaban J connectivity index is 1.39. The molecule has 6 atom stereocenters. The summed E-state index contributed by atoms with van der Waals surface area (Å²) < 4.78 is 4.20. The number of ether oxygens (including phenoxy) is 1. The van der Waals surface area contributed by atoms with Crippen LogP contribution in [0, 0.1) is 11.8 Å². The summed E-state index contributed by atoms with van der Waals surface area (Å²) in [6, 6.07) is 17.7. The fraction of sp³-hybridized carbons (Fsp3) is 0.500. The number of aliphatic hydroxyl groups is 1. The zero-order valence-electron chi connectivity index (χ0n) is 27.9. The average Bonchev–Trinajstić information content (AvgIpc) is 3.68. The number of nitrogens with zero attached hydrogens (tertiary/aromatic N) is 4. The standard InChI is InChI=1S/C38H48N4O5S/c1-4-18-40(21-20-39-22-24-47-25-23-39)36(46)33-38-17-16-37(3,48-38)31(34(44)41(19-5-2)26-28-12-8-6-9-13-28)32(38)35(45)42(33)30(27-43)29-14-10-7-11-15-29/h4-15,30-33,43H,1-2,16-27H2,3H3/t30-,31-,32+,33?,37+,38?/m1/s1. The van der Waals surface area contributed by atoms with Crippen LogP contribution in [0.2, 0.25) is 0 Å². The SMILES string of the molecule is C=CCN(CCN1CCOCC1)C(=O)C1N([C@H](CO)c2ccccc2)C(=O)[C@@H]2[C@H](C(=O)N(CC=C)Cc3ccccc3)[C@]3(C)CCC12S3. The Kier molecular flexibility index (Phi) is 10.5. The van der Waals surface area contributed by atoms with Crippen molar-refractivity contribution in [2.24, 2.45) is 11.8 Å². The van der Waals surface area contributed by atoms with Crippen molar-refractivity contribution in [3.8, 4) is 0 Å². The normalized spacial score (nSPS) is 28.6. The van der Waals surface area contributed by atoms with E-state index >= 15 is 9.59 Å². The molecule has 1 N–H and O–H groups in total. The van der Waals surface area contributed by atoms with E-state index in [1.807, 2.05) is 65.6 Å². The fourth-order valence-electron chi connectivity index (χ4n) is 8.48. The van der Waals surface area contributed by atoms with Gasteiger partial charge in [-0.15, -0.1) is 24.9 Å². The van der Waals surface area contributed by atoms with Crippen molar-refractivity contribution in [2.75, 3.05) is 59.1 Å². The highest BCUT2D eigenvalue weighted by Gasteiger charge is 2.78. The summed E-state index contributed by atoms with van der Waals surface area (Å²) in [4.78, 5) is 52.4. The first-order valence-electron chi connectivity index (χ1n) is 17.1. The van der Waals surface area contributed by atoms with Crippen LogP contribution in [-0.2, 0) is 25.7 Å². The Morgan fingerprint density at radius 1 is 1.00 bits per heavy atom. The van der Waals surface area contributed by atoms with Gasteiger partial charge in [0.25, 0.3) is 0 Å². The number of amides is 3. The zero-order valence-corrected chi connectivity index (χ0v) is 28.7. The van der Waals surface area contributed by atoms with E-state index in [1.54, 1.807) is 33.7 Å². The maximum absolute atomic E-state index is 15.0. The van der Waals surface area contributed by atoms with Crippen molar-refractivity contribution < 1.29 is 24.2 Å². The van der Waals surface area contributed by atoms with E-state index in [9.17, 15) is 9.90 Å². The monoisotopic (exact) mass is 672 g/mol. The van der Waals surface area contributed by atoms with Crippen LogP contribution in [-0.4, -0.2) is 117 Å². The molecule has 2 aromatic carbocycles. The van der Waals surface area contributed by atoms with Crippen LogP contribution in [0.1, 0.15) is 36.9 Å². The number of thioether (sulfide) groups is 1. The Hall–Kier alpha value is -3.44. The third kappa shape index (κ3) is 6.24. The molecule has 2 unspecified atom stereocenters. The summed E-state index contributed by atoms with van der Waals surface area (Å²) in [5.41, 5.74) is 1.76. The lowest BCUT2D eigenvalue weighted by Crippen LogP contribution is -2.56. The van der Waals surface area contributed by atoms with Crippen LogP contribution >= 0.6 is 11.8 Å². The number of hydrogen-bond donors (Lipinski definition) is 1. The molecule has 0 saturated carbocycles. The molecule has 256 valence electrons. The molecule has 10 heteroatoms. The summed E-state index contributed by atoms with van der Waals surface area (Å²) >= 11 is 1.66. The molecule has 4 saturated heterocycles. The van der Waals surface area contributed by atoms with Gasteiger partial charge in [0.05, 0.1) is 42.4 Å². The third-order valence-corrected chi connectivity index (χ3v) is 12.7. The van der Waals surface area contributed by atoms with Gasteiger partial charge in [0.1, 0.15) is 6.04 Å². The smallest absolute Gasteiger partial charge is 0.247 e. The predicted octanol–water partition coefficient (Wildman–Crippen LogP) is 3.76. The number of carbonyl (C=O) groups excluding carboxylic acids is 3. The minimum absolute atomic E-state index is 0.0859. The van der Waals surface area contributed by atoms with Gasteiger partial charge in [-0.1, -0.05) is 72.8 Å². The van der Waals surface area contributed by atoms with E-state index in [-0.39, 0.29) is 24.3 Å². The second-order valence-electron chi connectivity index (χ2n) is 13.6. The largest absolute Gasteiger partial charge is 0.394 e. The van der Waals surface area contributed by atoms with Crippen LogP contribution in [0.3, 0.4) is 0 Å². The quantitative estimate of drug-likeness (QED) is 0.306. The molecule has 4 aliphatic rings. The van der Waals surface area contributed by atoms with Gasteiger partial charge < -0.3 is 24.5 Å². The lowest BCUT2D eigenvalue weighted by atomic mass is 9.66. The lowest BCUT2D eigenvalue weighted by Gasteiger charge is -2.40. The highest BCUT2D eigenvalue weighted by atomic mass is 32.2. The second kappa shape index (κ2) is 14.6. The molecule has 6 rings (SSSR count). The summed E-state index contributed by atoms with van der Waals surface area (Å²) in [6.07, 6.45) is 4.82. The van der Waals surface area contributed by atoms with Gasteiger partial charge in [-0.3, -0.25) is 19.3 Å². The molecule has 9 nitrogen and oxygen atoms in total. The van der Waals surface area contributed by atoms with Crippen LogP contribution in [0.4, 0.5) is 0 Å². The van der Waals surface area contributed by atoms with Gasteiger partial charge in [0.15, 0.2) is 0 Å². The molecule has 4 aliphatic heterocycles. The number of aliphatic hydroxyl groups excluding tert-OH is 1. The lowest BCUT2D eigenvalue weighted by molar-refractivity contribution is -0.148. The first-order chi connectivity index (χ1) is 23.3. The number of fused-ring (bicyclic) bond motifs is 1. The molecule has 48 heavy (non-hydrogen) atoms. The molecule has 0 radical (unpaired) electrons. The van der Waals surface area contributed by atoms with Gasteiger partial charge in [-0.05, 0) is 30.9 Å². The van der Waals surface area contributed by atoms with E-state index < -0.39 is 33.4 Å². The Labute approximate surface area is 288 Å². The van der Waals surface area contributed by atoms with Gasteiger partial charge >= 0.3 is 0 Å². The number of hydrogen-bond acceptors (Lipinski definition) is 7. The number of likely N-dealkylation sites (tertiary alicyclic amines) is 1. The van der Waals surface area contributed by atoms with E-state index in [2.05, 4.69) is 25.0 Å². The molecule has 0 aliphatic carbocycles. The van der Waals surface area contributed by atoms with Crippen molar-refractivity contribution in [3.63, 3.8) is 0 Å². The second-order valence-corrected chi connectivity index (χ2v) is 15.5. The summed E-state index contributed by atoms with van der Waals surface area (Å²) in [5.74, 6) is -1.78. The molecule has 2 aromatic rings. The Morgan fingerprint density at radius 3 is 2.29 bits per heavy atom. The molecule has 4 fully saturated rings. The molecule has 0 aromatic heterocycles. The number of carbonyl (C=O) groups is 3. The molecule has 3 amide bonds. The van der Waals surface area contributed by atoms with E-state index in [0.29, 0.717) is 58.8 Å². The number of morpholine rings is 1. The number of benzene rings is 2. The maximum Gasteiger partial charge on any atom is 0.247 e. The summed E-state index contributed by atoms with van der Waals surface area (Å²) in [6.45, 7) is 14.8. The zero-order chi connectivity index (χ0) is 33.9. The van der Waals surface area contributed by atoms with Crippen molar-refractivity contribution in [2.45, 2.75) is 47.9 Å². The maximum atomic E-state index is 15.0. The minimum Gasteiger partial charge on any atom is -0.394 e. The molecular formula is C38H48N4O5S. The fourth-order valence-corrected chi connectivity index (χ4v) is 10.8. The topological polar surface area (TPSA) is 93.6 Å². The van der Waals surface area contributed by atoms with Crippen molar-refractivity contribution in [3.05, 3.63) is 97.1 Å². The van der Waals surface area contributed by atoms with E-state index in [1.165, 1.54) is 0 Å². The van der Waals surface area contributed by atoms with Crippen LogP contribution < -0.4 is 0 Å². The Morgan fingerprint density at radius 2 is 1.65 bits per heavy atom. The van der Waals surface area contributed by atoms with Crippen molar-refractivity contribution in [1.29, 1.82) is 0 Å². The van der Waals surface area contributed by atoms with Gasteiger partial charge in [0.2, 0.25) is 17.7 Å². The summed E-state index contributed by atoms with van der Waals surface area (Å²) in [7, 11) is 0. The van der Waals surface area contributed by atoms with E-state index in [0.717, 1.165) is 24.2 Å². The van der Waals surface area contributed by atoms with Crippen molar-refractivity contribution in [1.82, 2.24) is 19.6 Å². The van der Waals surface area contributed by atoms with Gasteiger partial charge in [-0.2, -0.15) is 0 Å². The van der Waals surface area contributed by atoms with E-state index in [4.69, 9.17) is 4.74 Å². The van der Waals surface area contributed by atoms with Crippen LogP contribution in [0.5, 0.6) is 0 Å². The molecular weight excluding hydrogens is 625 g/mol. The molecule has 4 heterocycles. The van der Waals surface area contributed by atoms with Crippen LogP contribution in [0.15, 0.2) is 86.0 Å².